The number of aliphatic hydroxyl groups is 1. The first-order valence-electron chi connectivity index (χ1n) is 23.6. The number of fused-ring (bicyclic) bond motifs is 6. The van der Waals surface area contributed by atoms with Crippen molar-refractivity contribution in [1.82, 2.24) is 20.4 Å². The number of aromatic hydroxyl groups is 2. The van der Waals surface area contributed by atoms with Gasteiger partial charge in [-0.05, 0) is 13.0 Å². The number of methoxy groups -OCH3 is 2. The second kappa shape index (κ2) is 23.0. The van der Waals surface area contributed by atoms with Crippen LogP contribution in [0, 0.1) is 0 Å². The smallest absolute Gasteiger partial charge is 0.253 e. The molecule has 23 nitrogen and oxygen atoms in total. The topological polar surface area (TPSA) is 286 Å². The number of phenols is 2. The van der Waals surface area contributed by atoms with Gasteiger partial charge in [0, 0.05) is 87.3 Å². The molecular weight excluding hydrogens is 937 g/mol. The van der Waals surface area contributed by atoms with Gasteiger partial charge in [0.05, 0.1) is 102 Å². The Kier molecular flexibility index (Phi) is 16.8. The number of hydrogen-bond donors (Lipinski definition) is 5. The summed E-state index contributed by atoms with van der Waals surface area (Å²) in [6.45, 7) is 4.84. The third kappa shape index (κ3) is 11.0. The van der Waals surface area contributed by atoms with E-state index in [1.165, 1.54) is 44.6 Å². The Bertz CT molecular complexity index is 2360. The molecule has 0 radical (unpaired) electrons. The first-order valence-corrected chi connectivity index (χ1v) is 23.6. The van der Waals surface area contributed by atoms with E-state index in [0.717, 1.165) is 4.90 Å². The largest absolute Gasteiger partial charge is 0.507 e. The second-order valence-corrected chi connectivity index (χ2v) is 17.7. The lowest BCUT2D eigenvalue weighted by molar-refractivity contribution is -0.256. The minimum absolute atomic E-state index is 0.00941. The van der Waals surface area contributed by atoms with Crippen molar-refractivity contribution in [2.75, 3.05) is 99.9 Å². The molecule has 4 heterocycles. The predicted molar refractivity (Wildman–Crippen MR) is 241 cm³/mol. The zero-order chi connectivity index (χ0) is 50.4. The van der Waals surface area contributed by atoms with Crippen molar-refractivity contribution in [3.8, 4) is 17.2 Å². The maximum atomic E-state index is 14.2. The van der Waals surface area contributed by atoms with Crippen molar-refractivity contribution in [1.29, 1.82) is 0 Å². The zero-order valence-corrected chi connectivity index (χ0v) is 39.7. The summed E-state index contributed by atoms with van der Waals surface area (Å²) in [6.07, 6.45) is -2.73. The molecule has 8 atom stereocenters. The van der Waals surface area contributed by atoms with E-state index in [-0.39, 0.29) is 123 Å². The van der Waals surface area contributed by atoms with Crippen LogP contribution in [0.2, 0.25) is 0 Å². The van der Waals surface area contributed by atoms with Crippen LogP contribution in [0.4, 0.5) is 0 Å². The average molecular weight is 997 g/mol. The van der Waals surface area contributed by atoms with Gasteiger partial charge in [-0.1, -0.05) is 12.1 Å². The van der Waals surface area contributed by atoms with Crippen LogP contribution in [0.1, 0.15) is 75.3 Å². The maximum Gasteiger partial charge on any atom is 0.253 e. The fourth-order valence-electron chi connectivity index (χ4n) is 9.87. The summed E-state index contributed by atoms with van der Waals surface area (Å²) in [5, 5.41) is 41.6. The fourth-order valence-corrected chi connectivity index (χ4v) is 9.87. The van der Waals surface area contributed by atoms with Crippen LogP contribution in [0.15, 0.2) is 30.4 Å². The van der Waals surface area contributed by atoms with Crippen LogP contribution in [-0.4, -0.2) is 203 Å². The Morgan fingerprint density at radius 3 is 2.18 bits per heavy atom. The van der Waals surface area contributed by atoms with E-state index in [1.54, 1.807) is 0 Å². The van der Waals surface area contributed by atoms with Crippen LogP contribution >= 0.6 is 0 Å². The van der Waals surface area contributed by atoms with E-state index in [4.69, 9.17) is 47.4 Å². The molecule has 2 aromatic carbocycles. The highest BCUT2D eigenvalue weighted by atomic mass is 16.7. The number of hydrogen-bond acceptors (Lipinski definition) is 20. The van der Waals surface area contributed by atoms with E-state index in [0.29, 0.717) is 33.0 Å². The highest BCUT2D eigenvalue weighted by Crippen LogP contribution is 2.53. The van der Waals surface area contributed by atoms with Gasteiger partial charge in [-0.3, -0.25) is 38.6 Å². The summed E-state index contributed by atoms with van der Waals surface area (Å²) in [4.78, 5) is 81.1. The minimum atomic E-state index is -2.29. The third-order valence-electron chi connectivity index (χ3n) is 13.3. The molecule has 5 N–H and O–H groups in total. The lowest BCUT2D eigenvalue weighted by Gasteiger charge is -2.43. The summed E-state index contributed by atoms with van der Waals surface area (Å²) >= 11 is 0. The van der Waals surface area contributed by atoms with Crippen LogP contribution < -0.4 is 15.4 Å². The molecular formula is C48H60N4O19. The minimum Gasteiger partial charge on any atom is -0.507 e. The van der Waals surface area contributed by atoms with Gasteiger partial charge < -0.3 is 73.3 Å². The first-order chi connectivity index (χ1) is 34.3. The quantitative estimate of drug-likeness (QED) is 0.0466. The van der Waals surface area contributed by atoms with Gasteiger partial charge in [-0.15, -0.1) is 0 Å². The zero-order valence-electron chi connectivity index (χ0n) is 39.7. The average Bonchev–Trinajstić information content (AvgIpc) is 3.90. The van der Waals surface area contributed by atoms with Crippen LogP contribution in [-0.2, 0) is 68.2 Å². The van der Waals surface area contributed by atoms with Gasteiger partial charge in [-0.25, -0.2) is 0 Å². The van der Waals surface area contributed by atoms with Gasteiger partial charge in [0.25, 0.3) is 17.7 Å². The Hall–Kier alpha value is -5.44. The van der Waals surface area contributed by atoms with Gasteiger partial charge in [0.15, 0.2) is 24.6 Å². The van der Waals surface area contributed by atoms with E-state index in [9.17, 15) is 44.1 Å². The number of phenolic OH excluding ortho intramolecular Hbond substituents is 2. The lowest BCUT2D eigenvalue weighted by Crippen LogP contribution is -2.55. The van der Waals surface area contributed by atoms with Crippen molar-refractivity contribution in [3.63, 3.8) is 0 Å². The molecule has 2 aliphatic carbocycles. The second-order valence-electron chi connectivity index (χ2n) is 17.7. The van der Waals surface area contributed by atoms with Gasteiger partial charge in [0.2, 0.25) is 11.7 Å². The van der Waals surface area contributed by atoms with Crippen molar-refractivity contribution in [2.24, 2.45) is 0 Å². The molecule has 0 bridgehead atoms. The monoisotopic (exact) mass is 996 g/mol. The summed E-state index contributed by atoms with van der Waals surface area (Å²) in [5.74, 6) is -4.75. The number of nitrogens with one attached hydrogen (secondary N) is 2. The van der Waals surface area contributed by atoms with Crippen molar-refractivity contribution < 1.29 is 91.5 Å². The molecule has 4 amide bonds. The highest BCUT2D eigenvalue weighted by Gasteiger charge is 2.55. The number of ketones is 2. The molecule has 6 aliphatic rings. The van der Waals surface area contributed by atoms with Crippen LogP contribution in [0.5, 0.6) is 17.2 Å². The Balaban J connectivity index is 0.836. The molecule has 4 aliphatic heterocycles. The molecule has 3 fully saturated rings. The van der Waals surface area contributed by atoms with Crippen LogP contribution in [0.25, 0.3) is 0 Å². The van der Waals surface area contributed by atoms with Gasteiger partial charge >= 0.3 is 0 Å². The number of imide groups is 1. The summed E-state index contributed by atoms with van der Waals surface area (Å²) < 4.78 is 57.7. The SMILES string of the molecule is COc1cccc2c1C(=O)c1c(O)c3c(c(O)c1C2=O)C[C@@](O)(C(=O)NCCNC(=O)CCOCCOCCOCCOCCN1C(=O)C=CC1=O)C[C@@H]3O[C@H]1C[C@H]2[C@H](O[C@@H]3[C@@H](OC)OCCN32)[C@H](C)O1. The number of morpholine rings is 1. The van der Waals surface area contributed by atoms with Crippen LogP contribution in [0.3, 0.4) is 0 Å². The Labute approximate surface area is 408 Å². The number of nitrogens with zero attached hydrogens (tertiary/aromatic N) is 2. The standard InChI is InChI=1S/C48H60N4O19/c1-26-44-29(51-13-16-68-46(63-3)45(51)71-44)23-35(69-26)70-31-25-48(61,24-28-37(31)43(59)39-38(41(28)57)40(56)27-5-4-6-30(62-2)36(27)42(39)58)47(60)50-11-10-49-32(53)9-14-64-17-19-66-21-22-67-20-18-65-15-12-52-33(54)7-8-34(52)55/h4-8,26,29,31,35,44-46,57,59,61H,9-25H2,1-3H3,(H,49,53)(H,50,60)/t26-,29-,31-,35-,44+,45+,46-,48-/m0/s1. The van der Waals surface area contributed by atoms with E-state index in [2.05, 4.69) is 15.5 Å². The molecule has 23 heteroatoms. The number of carbonyl (C=O) groups excluding carboxylic acids is 6. The number of rotatable bonds is 23. The van der Waals surface area contributed by atoms with E-state index < -0.39 is 89.6 Å². The highest BCUT2D eigenvalue weighted by molar-refractivity contribution is 6.31. The Morgan fingerprint density at radius 1 is 0.831 bits per heavy atom. The number of benzene rings is 2. The molecule has 0 aromatic heterocycles. The van der Waals surface area contributed by atoms with Gasteiger partial charge in [-0.2, -0.15) is 0 Å². The normalized spacial score (nSPS) is 26.7. The van der Waals surface area contributed by atoms with Crippen molar-refractivity contribution >= 4 is 35.2 Å². The van der Waals surface area contributed by atoms with E-state index >= 15 is 0 Å². The summed E-state index contributed by atoms with van der Waals surface area (Å²) in [5.41, 5.74) is -3.64. The fraction of sp³-hybridized carbons (Fsp3) is 0.583. The molecule has 0 unspecified atom stereocenters. The van der Waals surface area contributed by atoms with Crippen molar-refractivity contribution in [3.05, 3.63) is 63.7 Å². The van der Waals surface area contributed by atoms with Gasteiger partial charge in [0.1, 0.15) is 29.0 Å². The molecule has 0 spiro atoms. The number of ether oxygens (including phenoxy) is 10. The number of carbonyl (C=O) groups is 6. The predicted octanol–water partition coefficient (Wildman–Crippen LogP) is -0.236. The molecule has 2 aromatic rings. The summed E-state index contributed by atoms with van der Waals surface area (Å²) in [6, 6.07) is 4.19. The van der Waals surface area contributed by atoms with Crippen molar-refractivity contribution in [2.45, 2.75) is 81.4 Å². The molecule has 3 saturated heterocycles. The van der Waals surface area contributed by atoms with E-state index in [1.807, 2.05) is 6.92 Å². The molecule has 71 heavy (non-hydrogen) atoms. The third-order valence-corrected chi connectivity index (χ3v) is 13.3. The molecule has 8 rings (SSSR count). The lowest BCUT2D eigenvalue weighted by atomic mass is 9.72. The number of amides is 4. The molecule has 386 valence electrons. The Morgan fingerprint density at radius 2 is 1.49 bits per heavy atom. The maximum absolute atomic E-state index is 14.2. The molecule has 0 saturated carbocycles. The first kappa shape index (κ1) is 51.9. The summed E-state index contributed by atoms with van der Waals surface area (Å²) in [7, 11) is 2.87.